The maximum Gasteiger partial charge on any atom is 0.426 e. The van der Waals surface area contributed by atoms with Gasteiger partial charge in [-0.25, -0.2) is 4.39 Å². The topological polar surface area (TPSA) is 75.6 Å². The van der Waals surface area contributed by atoms with Crippen LogP contribution in [0.25, 0.3) is 16.8 Å². The Morgan fingerprint density at radius 1 is 1.12 bits per heavy atom. The first-order valence-electron chi connectivity index (χ1n) is 9.55. The molecule has 0 spiro atoms. The second-order valence-corrected chi connectivity index (χ2v) is 8.01. The molecule has 0 fully saturated rings. The number of hydrogen-bond donors (Lipinski definition) is 2. The Hall–Kier alpha value is -2.92. The highest BCUT2D eigenvalue weighted by molar-refractivity contribution is 9.10. The number of aromatic nitrogens is 3. The number of aliphatic hydroxyl groups is 1. The van der Waals surface area contributed by atoms with Gasteiger partial charge in [-0.2, -0.15) is 13.2 Å². The number of alkyl halides is 3. The first-order chi connectivity index (χ1) is 15.1. The van der Waals surface area contributed by atoms with E-state index in [4.69, 9.17) is 4.42 Å². The van der Waals surface area contributed by atoms with E-state index in [9.17, 15) is 22.7 Å². The molecule has 3 heterocycles. The van der Waals surface area contributed by atoms with Crippen LogP contribution >= 0.6 is 15.9 Å². The molecule has 1 unspecified atom stereocenters. The highest BCUT2D eigenvalue weighted by atomic mass is 79.9. The summed E-state index contributed by atoms with van der Waals surface area (Å²) in [6.07, 6.45) is -3.78. The molecule has 1 aromatic carbocycles. The molecule has 168 valence electrons. The first-order valence-corrected chi connectivity index (χ1v) is 10.3. The largest absolute Gasteiger partial charge is 0.426 e. The van der Waals surface area contributed by atoms with Gasteiger partial charge in [0.25, 0.3) is 5.89 Å². The zero-order valence-electron chi connectivity index (χ0n) is 16.6. The third kappa shape index (κ3) is 3.97. The summed E-state index contributed by atoms with van der Waals surface area (Å²) in [7, 11) is 0. The molecule has 6 nitrogen and oxygen atoms in total. The zero-order valence-corrected chi connectivity index (χ0v) is 18.2. The van der Waals surface area contributed by atoms with Crippen LogP contribution in [0.2, 0.25) is 0 Å². The minimum atomic E-state index is -4.94. The fourth-order valence-corrected chi connectivity index (χ4v) is 3.79. The molecule has 0 saturated carbocycles. The van der Waals surface area contributed by atoms with Gasteiger partial charge in [0, 0.05) is 17.2 Å². The molecule has 0 radical (unpaired) electrons. The second-order valence-electron chi connectivity index (χ2n) is 7.15. The Morgan fingerprint density at radius 3 is 2.50 bits per heavy atom. The van der Waals surface area contributed by atoms with Gasteiger partial charge in [0.15, 0.2) is 0 Å². The molecule has 3 aromatic heterocycles. The van der Waals surface area contributed by atoms with Gasteiger partial charge in [-0.1, -0.05) is 12.0 Å². The molecular weight excluding hydrogens is 496 g/mol. The number of hydrogen-bond acceptors (Lipinski definition) is 5. The molecule has 0 amide bonds. The van der Waals surface area contributed by atoms with E-state index in [0.29, 0.717) is 0 Å². The molecule has 32 heavy (non-hydrogen) atoms. The lowest BCUT2D eigenvalue weighted by Crippen LogP contribution is -2.42. The first kappa shape index (κ1) is 22.3. The second kappa shape index (κ2) is 8.21. The van der Waals surface area contributed by atoms with E-state index in [-0.39, 0.29) is 18.4 Å². The number of fused-ring (bicyclic) bond motifs is 1. The van der Waals surface area contributed by atoms with Crippen molar-refractivity contribution in [2.45, 2.75) is 31.7 Å². The summed E-state index contributed by atoms with van der Waals surface area (Å²) in [6.45, 7) is 1.37. The quantitative estimate of drug-likeness (QED) is 0.326. The van der Waals surface area contributed by atoms with E-state index in [1.54, 1.807) is 12.1 Å². The number of nitrogens with one attached hydrogen (secondary N) is 1. The fourth-order valence-electron chi connectivity index (χ4n) is 3.27. The van der Waals surface area contributed by atoms with Crippen LogP contribution in [-0.4, -0.2) is 25.9 Å². The molecule has 4 aromatic rings. The van der Waals surface area contributed by atoms with Crippen molar-refractivity contribution in [3.8, 4) is 11.3 Å². The van der Waals surface area contributed by atoms with Crippen LogP contribution in [0.1, 0.15) is 24.8 Å². The van der Waals surface area contributed by atoms with Gasteiger partial charge in [0.1, 0.15) is 5.82 Å². The van der Waals surface area contributed by atoms with Crippen LogP contribution in [0.5, 0.6) is 0 Å². The highest BCUT2D eigenvalue weighted by Crippen LogP contribution is 2.41. The van der Waals surface area contributed by atoms with Gasteiger partial charge in [-0.05, 0) is 75.9 Å². The molecule has 0 aliphatic rings. The molecule has 2 N–H and O–H groups in total. The van der Waals surface area contributed by atoms with E-state index in [1.807, 2.05) is 28.8 Å². The van der Waals surface area contributed by atoms with E-state index in [1.165, 1.54) is 19.1 Å². The fraction of sp³-hybridized carbons (Fsp3) is 0.238. The smallest absolute Gasteiger partial charge is 0.405 e. The summed E-state index contributed by atoms with van der Waals surface area (Å²) in [4.78, 5) is 0. The van der Waals surface area contributed by atoms with Crippen molar-refractivity contribution in [3.63, 3.8) is 0 Å². The molecular formula is C21H17BrF4N4O2. The Bertz CT molecular complexity index is 1250. The molecule has 1 atom stereocenters. The summed E-state index contributed by atoms with van der Waals surface area (Å²) in [6, 6.07) is 11.5. The SMILES string of the molecule is CCC(O)(c1nnc(NCc2ccn3c(-c4ccc(F)cc4)cc(Br)c3c2)o1)C(F)(F)F. The predicted molar refractivity (Wildman–Crippen MR) is 112 cm³/mol. The molecule has 0 saturated heterocycles. The molecule has 4 rings (SSSR count). The van der Waals surface area contributed by atoms with Crippen molar-refractivity contribution < 1.29 is 27.1 Å². The van der Waals surface area contributed by atoms with Crippen LogP contribution in [0, 0.1) is 5.82 Å². The van der Waals surface area contributed by atoms with Crippen molar-refractivity contribution in [1.29, 1.82) is 0 Å². The number of nitrogens with zero attached hydrogens (tertiary/aromatic N) is 3. The standard InChI is InChI=1S/C21H17BrF4N4O2/c1-2-20(31,21(24,25)26)18-28-29-19(32-18)27-11-12-7-8-30-16(10-15(22)17(30)9-12)13-3-5-14(23)6-4-13/h3-10,31H,2,11H2,1H3,(H,27,29). The van der Waals surface area contributed by atoms with Gasteiger partial charge in [-0.3, -0.25) is 0 Å². The van der Waals surface area contributed by atoms with Crippen molar-refractivity contribution in [3.05, 3.63) is 70.4 Å². The highest BCUT2D eigenvalue weighted by Gasteiger charge is 2.57. The number of rotatable bonds is 6. The Labute approximate surface area is 188 Å². The number of pyridine rings is 1. The van der Waals surface area contributed by atoms with Gasteiger partial charge < -0.3 is 19.2 Å². The number of benzene rings is 1. The van der Waals surface area contributed by atoms with Gasteiger partial charge in [-0.15, -0.1) is 5.10 Å². The number of anilines is 1. The molecule has 0 aliphatic carbocycles. The van der Waals surface area contributed by atoms with E-state index in [0.717, 1.165) is 26.8 Å². The molecule has 0 aliphatic heterocycles. The van der Waals surface area contributed by atoms with Crippen molar-refractivity contribution in [2.75, 3.05) is 5.32 Å². The monoisotopic (exact) mass is 512 g/mol. The third-order valence-corrected chi connectivity index (χ3v) is 5.77. The minimum absolute atomic E-state index is 0.193. The zero-order chi connectivity index (χ0) is 23.1. The summed E-state index contributed by atoms with van der Waals surface area (Å²) in [5.41, 5.74) is 0.130. The van der Waals surface area contributed by atoms with Gasteiger partial charge in [0.2, 0.25) is 5.60 Å². The summed E-state index contributed by atoms with van der Waals surface area (Å²) in [5.74, 6) is -1.23. The summed E-state index contributed by atoms with van der Waals surface area (Å²) >= 11 is 3.52. The lowest BCUT2D eigenvalue weighted by Gasteiger charge is -2.25. The Balaban J connectivity index is 1.54. The van der Waals surface area contributed by atoms with E-state index >= 15 is 0 Å². The Kier molecular flexibility index (Phi) is 5.72. The normalized spacial score (nSPS) is 14.0. The maximum atomic E-state index is 13.2. The van der Waals surface area contributed by atoms with Crippen LogP contribution < -0.4 is 5.32 Å². The maximum absolute atomic E-state index is 13.2. The summed E-state index contributed by atoms with van der Waals surface area (Å²) < 4.78 is 60.5. The van der Waals surface area contributed by atoms with Crippen LogP contribution in [0.4, 0.5) is 23.6 Å². The average molecular weight is 513 g/mol. The van der Waals surface area contributed by atoms with Crippen molar-refractivity contribution in [2.24, 2.45) is 0 Å². The van der Waals surface area contributed by atoms with Gasteiger partial charge in [0.05, 0.1) is 11.2 Å². The minimum Gasteiger partial charge on any atom is -0.405 e. The molecule has 11 heteroatoms. The van der Waals surface area contributed by atoms with Crippen LogP contribution in [0.15, 0.2) is 57.6 Å². The molecule has 0 bridgehead atoms. The number of halogens is 5. The summed E-state index contributed by atoms with van der Waals surface area (Å²) in [5, 5.41) is 19.6. The van der Waals surface area contributed by atoms with Crippen LogP contribution in [0.3, 0.4) is 0 Å². The van der Waals surface area contributed by atoms with E-state index < -0.39 is 24.1 Å². The van der Waals surface area contributed by atoms with Crippen LogP contribution in [-0.2, 0) is 12.1 Å². The lowest BCUT2D eigenvalue weighted by atomic mass is 10.0. The third-order valence-electron chi connectivity index (χ3n) is 5.13. The van der Waals surface area contributed by atoms with Crippen molar-refractivity contribution in [1.82, 2.24) is 14.6 Å². The Morgan fingerprint density at radius 2 is 1.84 bits per heavy atom. The average Bonchev–Trinajstić information content (AvgIpc) is 3.36. The van der Waals surface area contributed by atoms with E-state index in [2.05, 4.69) is 31.4 Å². The lowest BCUT2D eigenvalue weighted by molar-refractivity contribution is -0.275. The van der Waals surface area contributed by atoms with Gasteiger partial charge >= 0.3 is 12.2 Å². The van der Waals surface area contributed by atoms with Crippen molar-refractivity contribution >= 4 is 27.5 Å². The predicted octanol–water partition coefficient (Wildman–Crippen LogP) is 5.66.